The molecule has 0 radical (unpaired) electrons. The highest BCUT2D eigenvalue weighted by atomic mass is 32.1. The summed E-state index contributed by atoms with van der Waals surface area (Å²) in [5.41, 5.74) is 2.07. The average Bonchev–Trinajstić information content (AvgIpc) is 3.28. The van der Waals surface area contributed by atoms with Crippen LogP contribution in [0.5, 0.6) is 0 Å². The third kappa shape index (κ3) is 4.37. The maximum absolute atomic E-state index is 12.1. The zero-order chi connectivity index (χ0) is 16.8. The lowest BCUT2D eigenvalue weighted by Gasteiger charge is -2.10. The fraction of sp³-hybridized carbons (Fsp3) is 0.471. The molecule has 2 atom stereocenters. The van der Waals surface area contributed by atoms with Crippen LogP contribution in [-0.2, 0) is 16.0 Å². The summed E-state index contributed by atoms with van der Waals surface area (Å²) in [6, 6.07) is 3.79. The molecular formula is C17H22N4O2S. The zero-order valence-electron chi connectivity index (χ0n) is 13.7. The molecule has 3 rings (SSSR count). The summed E-state index contributed by atoms with van der Waals surface area (Å²) < 4.78 is 5.26. The van der Waals surface area contributed by atoms with E-state index in [-0.39, 0.29) is 18.1 Å². The minimum atomic E-state index is -0.131. The van der Waals surface area contributed by atoms with E-state index >= 15 is 0 Å². The van der Waals surface area contributed by atoms with Crippen molar-refractivity contribution in [3.8, 4) is 11.3 Å². The van der Waals surface area contributed by atoms with E-state index in [4.69, 9.17) is 4.74 Å². The zero-order valence-corrected chi connectivity index (χ0v) is 14.5. The number of amides is 1. The van der Waals surface area contributed by atoms with Crippen molar-refractivity contribution < 1.29 is 9.53 Å². The Morgan fingerprint density at radius 3 is 3.04 bits per heavy atom. The predicted molar refractivity (Wildman–Crippen MR) is 93.9 cm³/mol. The van der Waals surface area contributed by atoms with Gasteiger partial charge in [0.15, 0.2) is 0 Å². The quantitative estimate of drug-likeness (QED) is 0.745. The number of carbonyl (C=O) groups is 1. The van der Waals surface area contributed by atoms with E-state index in [9.17, 15) is 4.79 Å². The minimum absolute atomic E-state index is 0.0613. The molecule has 0 unspecified atom stereocenters. The lowest BCUT2D eigenvalue weighted by molar-refractivity contribution is -0.122. The van der Waals surface area contributed by atoms with Crippen LogP contribution < -0.4 is 10.6 Å². The van der Waals surface area contributed by atoms with Crippen LogP contribution in [0, 0.1) is 0 Å². The van der Waals surface area contributed by atoms with Gasteiger partial charge in [-0.15, -0.1) is 11.3 Å². The van der Waals surface area contributed by atoms with Crippen molar-refractivity contribution in [1.29, 1.82) is 0 Å². The van der Waals surface area contributed by atoms with Crippen LogP contribution in [0.3, 0.4) is 0 Å². The Morgan fingerprint density at radius 2 is 2.29 bits per heavy atom. The molecule has 1 aliphatic heterocycles. The number of nitrogens with one attached hydrogen (secondary N) is 2. The van der Waals surface area contributed by atoms with Crippen molar-refractivity contribution >= 4 is 17.2 Å². The Bertz CT molecular complexity index is 662. The highest BCUT2D eigenvalue weighted by Gasteiger charge is 2.28. The van der Waals surface area contributed by atoms with Crippen molar-refractivity contribution in [2.24, 2.45) is 0 Å². The summed E-state index contributed by atoms with van der Waals surface area (Å²) in [5, 5.41) is 9.33. The van der Waals surface area contributed by atoms with Gasteiger partial charge in [0.1, 0.15) is 0 Å². The fourth-order valence-electron chi connectivity index (χ4n) is 2.74. The standard InChI is InChI=1S/C17H22N4O2S/c1-23-13-9-14(20-10-13)17(22)19-6-2-3-16-21-15(11-24-16)12-4-7-18-8-5-12/h4-5,7-8,11,13-14,20H,2-3,6,9-10H2,1H3,(H,19,22)/t13-,14+/m0/s1. The molecule has 24 heavy (non-hydrogen) atoms. The maximum Gasteiger partial charge on any atom is 0.237 e. The van der Waals surface area contributed by atoms with Gasteiger partial charge in [-0.2, -0.15) is 0 Å². The van der Waals surface area contributed by atoms with E-state index in [0.717, 1.165) is 42.1 Å². The molecule has 2 aromatic rings. The Kier molecular flexibility index (Phi) is 5.90. The van der Waals surface area contributed by atoms with Crippen molar-refractivity contribution in [1.82, 2.24) is 20.6 Å². The van der Waals surface area contributed by atoms with E-state index < -0.39 is 0 Å². The van der Waals surface area contributed by atoms with Crippen LogP contribution in [0.2, 0.25) is 0 Å². The molecule has 6 nitrogen and oxygen atoms in total. The van der Waals surface area contributed by atoms with Gasteiger partial charge in [-0.1, -0.05) is 0 Å². The molecule has 1 amide bonds. The molecule has 0 bridgehead atoms. The third-order valence-corrected chi connectivity index (χ3v) is 5.04. The van der Waals surface area contributed by atoms with Crippen molar-refractivity contribution in [2.75, 3.05) is 20.2 Å². The molecule has 128 valence electrons. The van der Waals surface area contributed by atoms with Gasteiger partial charge in [0.2, 0.25) is 5.91 Å². The second-order valence-electron chi connectivity index (χ2n) is 5.81. The van der Waals surface area contributed by atoms with Gasteiger partial charge >= 0.3 is 0 Å². The molecule has 1 saturated heterocycles. The summed E-state index contributed by atoms with van der Waals surface area (Å²) in [5.74, 6) is 0.0613. The smallest absolute Gasteiger partial charge is 0.237 e. The molecule has 2 aromatic heterocycles. The van der Waals surface area contributed by atoms with E-state index in [1.807, 2.05) is 12.1 Å². The van der Waals surface area contributed by atoms with Gasteiger partial charge < -0.3 is 15.4 Å². The molecule has 0 saturated carbocycles. The van der Waals surface area contributed by atoms with Crippen LogP contribution in [0.4, 0.5) is 0 Å². The summed E-state index contributed by atoms with van der Waals surface area (Å²) in [6.07, 6.45) is 6.18. The van der Waals surface area contributed by atoms with Gasteiger partial charge in [0.05, 0.1) is 22.8 Å². The van der Waals surface area contributed by atoms with Crippen LogP contribution in [0.15, 0.2) is 29.9 Å². The average molecular weight is 346 g/mol. The van der Waals surface area contributed by atoms with Crippen LogP contribution in [-0.4, -0.2) is 48.2 Å². The topological polar surface area (TPSA) is 76.1 Å². The summed E-state index contributed by atoms with van der Waals surface area (Å²) in [7, 11) is 1.68. The molecule has 7 heteroatoms. The number of pyridine rings is 1. The normalized spacial score (nSPS) is 20.2. The number of nitrogens with zero attached hydrogens (tertiary/aromatic N) is 2. The Balaban J connectivity index is 1.39. The van der Waals surface area contributed by atoms with Crippen LogP contribution in [0.25, 0.3) is 11.3 Å². The van der Waals surface area contributed by atoms with Gasteiger partial charge in [0.25, 0.3) is 0 Å². The lowest BCUT2D eigenvalue weighted by Crippen LogP contribution is -2.40. The van der Waals surface area contributed by atoms with E-state index in [1.54, 1.807) is 30.8 Å². The van der Waals surface area contributed by atoms with E-state index in [0.29, 0.717) is 6.54 Å². The number of methoxy groups -OCH3 is 1. The Labute approximate surface area is 145 Å². The van der Waals surface area contributed by atoms with Crippen molar-refractivity contribution in [3.63, 3.8) is 0 Å². The van der Waals surface area contributed by atoms with Crippen LogP contribution >= 0.6 is 11.3 Å². The number of aryl methyl sites for hydroxylation is 1. The summed E-state index contributed by atoms with van der Waals surface area (Å²) in [4.78, 5) is 20.7. The lowest BCUT2D eigenvalue weighted by atomic mass is 10.2. The Morgan fingerprint density at radius 1 is 1.46 bits per heavy atom. The molecule has 1 aliphatic rings. The van der Waals surface area contributed by atoms with E-state index in [2.05, 4.69) is 26.0 Å². The predicted octanol–water partition coefficient (Wildman–Crippen LogP) is 1.63. The molecule has 0 aliphatic carbocycles. The number of thiazole rings is 1. The van der Waals surface area contributed by atoms with E-state index in [1.165, 1.54) is 0 Å². The third-order valence-electron chi connectivity index (χ3n) is 4.13. The minimum Gasteiger partial charge on any atom is -0.380 e. The van der Waals surface area contributed by atoms with Gasteiger partial charge in [-0.05, 0) is 25.0 Å². The Hall–Kier alpha value is -1.83. The second-order valence-corrected chi connectivity index (χ2v) is 6.75. The maximum atomic E-state index is 12.1. The highest BCUT2D eigenvalue weighted by Crippen LogP contribution is 2.21. The monoisotopic (exact) mass is 346 g/mol. The summed E-state index contributed by atoms with van der Waals surface area (Å²) >= 11 is 1.66. The van der Waals surface area contributed by atoms with Gasteiger partial charge in [-0.25, -0.2) is 4.98 Å². The largest absolute Gasteiger partial charge is 0.380 e. The number of hydrogen-bond acceptors (Lipinski definition) is 6. The molecule has 3 heterocycles. The number of ether oxygens (including phenoxy) is 1. The first-order valence-corrected chi connectivity index (χ1v) is 9.03. The molecule has 0 spiro atoms. The highest BCUT2D eigenvalue weighted by molar-refractivity contribution is 7.09. The van der Waals surface area contributed by atoms with Crippen LogP contribution in [0.1, 0.15) is 17.8 Å². The number of hydrogen-bond donors (Lipinski definition) is 2. The first-order valence-electron chi connectivity index (χ1n) is 8.15. The molecule has 2 N–H and O–H groups in total. The van der Waals surface area contributed by atoms with Crippen molar-refractivity contribution in [3.05, 3.63) is 34.9 Å². The second kappa shape index (κ2) is 8.32. The first-order chi connectivity index (χ1) is 11.8. The number of carbonyl (C=O) groups excluding carboxylic acids is 1. The number of rotatable bonds is 7. The van der Waals surface area contributed by atoms with Gasteiger partial charge in [0, 0.05) is 50.0 Å². The fourth-order valence-corrected chi connectivity index (χ4v) is 3.59. The van der Waals surface area contributed by atoms with Crippen molar-refractivity contribution in [2.45, 2.75) is 31.4 Å². The first kappa shape index (κ1) is 17.0. The number of aromatic nitrogens is 2. The molecule has 0 aromatic carbocycles. The molecule has 1 fully saturated rings. The SMILES string of the molecule is CO[C@@H]1CN[C@@H](C(=O)NCCCc2nc(-c3ccncc3)cs2)C1. The summed E-state index contributed by atoms with van der Waals surface area (Å²) in [6.45, 7) is 1.41. The molecular weight excluding hydrogens is 324 g/mol. The van der Waals surface area contributed by atoms with Gasteiger partial charge in [-0.3, -0.25) is 9.78 Å².